The Bertz CT molecular complexity index is 235. The third-order valence-electron chi connectivity index (χ3n) is 2.80. The largest absolute Gasteiger partial charge is 0.478 e. The van der Waals surface area contributed by atoms with E-state index < -0.39 is 5.97 Å². The van der Waals surface area contributed by atoms with Crippen LogP contribution in [0.3, 0.4) is 0 Å². The van der Waals surface area contributed by atoms with Gasteiger partial charge in [0.05, 0.1) is 0 Å². The van der Waals surface area contributed by atoms with Gasteiger partial charge in [0, 0.05) is 12.1 Å². The molecule has 3 heteroatoms. The van der Waals surface area contributed by atoms with E-state index in [0.29, 0.717) is 12.0 Å². The van der Waals surface area contributed by atoms with E-state index in [4.69, 9.17) is 10.8 Å². The fourth-order valence-corrected chi connectivity index (χ4v) is 2.24. The van der Waals surface area contributed by atoms with E-state index in [1.54, 1.807) is 0 Å². The summed E-state index contributed by atoms with van der Waals surface area (Å²) >= 11 is 0. The zero-order valence-corrected chi connectivity index (χ0v) is 8.70. The lowest BCUT2D eigenvalue weighted by molar-refractivity contribution is -0.131. The highest BCUT2D eigenvalue weighted by atomic mass is 16.4. The Labute approximate surface area is 85.0 Å². The van der Waals surface area contributed by atoms with Crippen LogP contribution in [0.5, 0.6) is 0 Å². The minimum atomic E-state index is -0.845. The second-order valence-corrected chi connectivity index (χ2v) is 4.33. The maximum Gasteiger partial charge on any atom is 0.328 e. The number of nitrogens with two attached hydrogens (primary N) is 1. The fourth-order valence-electron chi connectivity index (χ4n) is 2.24. The Morgan fingerprint density at radius 2 is 2.29 bits per heavy atom. The SMILES string of the molecule is C/C(=C\C(=O)O)CC1CCCC(N)C1. The molecule has 0 heterocycles. The van der Waals surface area contributed by atoms with Crippen molar-refractivity contribution in [2.24, 2.45) is 11.7 Å². The quantitative estimate of drug-likeness (QED) is 0.679. The van der Waals surface area contributed by atoms with Crippen molar-refractivity contribution in [1.29, 1.82) is 0 Å². The molecule has 0 amide bonds. The van der Waals surface area contributed by atoms with Crippen LogP contribution in [0.2, 0.25) is 0 Å². The molecule has 0 saturated heterocycles. The lowest BCUT2D eigenvalue weighted by Gasteiger charge is -2.26. The van der Waals surface area contributed by atoms with Crippen LogP contribution in [0.1, 0.15) is 39.0 Å². The van der Waals surface area contributed by atoms with Crippen molar-refractivity contribution in [3.63, 3.8) is 0 Å². The zero-order chi connectivity index (χ0) is 10.6. The Kier molecular flexibility index (Phi) is 4.14. The molecule has 0 aliphatic heterocycles. The van der Waals surface area contributed by atoms with Crippen molar-refractivity contribution in [2.45, 2.75) is 45.1 Å². The van der Waals surface area contributed by atoms with Crippen LogP contribution in [0.25, 0.3) is 0 Å². The van der Waals surface area contributed by atoms with Gasteiger partial charge in [-0.3, -0.25) is 0 Å². The number of aliphatic carboxylic acids is 1. The molecule has 0 aromatic carbocycles. The number of hydrogen-bond acceptors (Lipinski definition) is 2. The molecular formula is C11H19NO2. The predicted octanol–water partition coefficient (Wildman–Crippen LogP) is 1.92. The van der Waals surface area contributed by atoms with Crippen LogP contribution >= 0.6 is 0 Å². The number of hydrogen-bond donors (Lipinski definition) is 2. The van der Waals surface area contributed by atoms with Gasteiger partial charge in [-0.15, -0.1) is 0 Å². The Morgan fingerprint density at radius 3 is 2.86 bits per heavy atom. The van der Waals surface area contributed by atoms with Gasteiger partial charge in [0.2, 0.25) is 0 Å². The van der Waals surface area contributed by atoms with Gasteiger partial charge in [-0.2, -0.15) is 0 Å². The molecule has 3 N–H and O–H groups in total. The molecular weight excluding hydrogens is 178 g/mol. The molecule has 2 atom stereocenters. The first-order valence-electron chi connectivity index (χ1n) is 5.23. The summed E-state index contributed by atoms with van der Waals surface area (Å²) in [5.74, 6) is -0.253. The number of rotatable bonds is 3. The summed E-state index contributed by atoms with van der Waals surface area (Å²) in [5, 5.41) is 8.56. The molecule has 0 spiro atoms. The maximum atomic E-state index is 10.4. The van der Waals surface area contributed by atoms with Gasteiger partial charge in [0.25, 0.3) is 0 Å². The summed E-state index contributed by atoms with van der Waals surface area (Å²) in [6, 6.07) is 0.325. The van der Waals surface area contributed by atoms with E-state index in [0.717, 1.165) is 24.8 Å². The average molecular weight is 197 g/mol. The first kappa shape index (κ1) is 11.2. The molecule has 3 nitrogen and oxygen atoms in total. The first-order chi connectivity index (χ1) is 6.58. The summed E-state index contributed by atoms with van der Waals surface area (Å²) < 4.78 is 0. The molecule has 1 aliphatic rings. The molecule has 1 aliphatic carbocycles. The van der Waals surface area contributed by atoms with Gasteiger partial charge in [0.1, 0.15) is 0 Å². The number of carboxylic acids is 1. The van der Waals surface area contributed by atoms with Gasteiger partial charge in [-0.25, -0.2) is 4.79 Å². The highest BCUT2D eigenvalue weighted by molar-refractivity contribution is 5.80. The van der Waals surface area contributed by atoms with Crippen LogP contribution in [-0.2, 0) is 4.79 Å². The van der Waals surface area contributed by atoms with E-state index in [2.05, 4.69) is 0 Å². The summed E-state index contributed by atoms with van der Waals surface area (Å²) in [6.07, 6.45) is 6.74. The second kappa shape index (κ2) is 5.15. The lowest BCUT2D eigenvalue weighted by Crippen LogP contribution is -2.27. The zero-order valence-electron chi connectivity index (χ0n) is 8.70. The van der Waals surface area contributed by atoms with E-state index in [1.165, 1.54) is 18.9 Å². The molecule has 1 rings (SSSR count). The Balaban J connectivity index is 2.39. The number of allylic oxidation sites excluding steroid dienone is 1. The predicted molar refractivity (Wildman–Crippen MR) is 55.9 cm³/mol. The van der Waals surface area contributed by atoms with Crippen LogP contribution in [0.15, 0.2) is 11.6 Å². The van der Waals surface area contributed by atoms with Crippen LogP contribution in [-0.4, -0.2) is 17.1 Å². The molecule has 1 fully saturated rings. The maximum absolute atomic E-state index is 10.4. The smallest absolute Gasteiger partial charge is 0.328 e. The highest BCUT2D eigenvalue weighted by Crippen LogP contribution is 2.28. The van der Waals surface area contributed by atoms with Gasteiger partial charge in [0.15, 0.2) is 0 Å². The minimum absolute atomic E-state index is 0.325. The van der Waals surface area contributed by atoms with Crippen LogP contribution in [0, 0.1) is 5.92 Å². The lowest BCUT2D eigenvalue weighted by atomic mass is 9.82. The molecule has 0 aromatic heterocycles. The third-order valence-corrected chi connectivity index (χ3v) is 2.80. The number of carboxylic acid groups (broad SMARTS) is 1. The van der Waals surface area contributed by atoms with Crippen molar-refractivity contribution in [3.05, 3.63) is 11.6 Å². The van der Waals surface area contributed by atoms with E-state index in [9.17, 15) is 4.79 Å². The fraction of sp³-hybridized carbons (Fsp3) is 0.727. The second-order valence-electron chi connectivity index (χ2n) is 4.33. The monoisotopic (exact) mass is 197 g/mol. The average Bonchev–Trinajstić information content (AvgIpc) is 2.01. The number of carbonyl (C=O) groups is 1. The molecule has 2 unspecified atom stereocenters. The van der Waals surface area contributed by atoms with Crippen LogP contribution < -0.4 is 5.73 Å². The van der Waals surface area contributed by atoms with Gasteiger partial charge in [-0.05, 0) is 32.1 Å². The van der Waals surface area contributed by atoms with E-state index >= 15 is 0 Å². The molecule has 14 heavy (non-hydrogen) atoms. The van der Waals surface area contributed by atoms with E-state index in [-0.39, 0.29) is 0 Å². The van der Waals surface area contributed by atoms with Gasteiger partial charge in [-0.1, -0.05) is 18.4 Å². The normalized spacial score (nSPS) is 28.9. The van der Waals surface area contributed by atoms with Gasteiger partial charge < -0.3 is 10.8 Å². The summed E-state index contributed by atoms with van der Waals surface area (Å²) in [4.78, 5) is 10.4. The van der Waals surface area contributed by atoms with Gasteiger partial charge >= 0.3 is 5.97 Å². The Hall–Kier alpha value is -0.830. The molecule has 1 saturated carbocycles. The molecule has 80 valence electrons. The molecule has 0 radical (unpaired) electrons. The molecule has 0 aromatic rings. The van der Waals surface area contributed by atoms with Crippen molar-refractivity contribution < 1.29 is 9.90 Å². The highest BCUT2D eigenvalue weighted by Gasteiger charge is 2.19. The summed E-state index contributed by atoms with van der Waals surface area (Å²) in [6.45, 7) is 1.88. The summed E-state index contributed by atoms with van der Waals surface area (Å²) in [7, 11) is 0. The van der Waals surface area contributed by atoms with Crippen molar-refractivity contribution in [1.82, 2.24) is 0 Å². The van der Waals surface area contributed by atoms with Crippen LogP contribution in [0.4, 0.5) is 0 Å². The third kappa shape index (κ3) is 3.92. The first-order valence-corrected chi connectivity index (χ1v) is 5.23. The van der Waals surface area contributed by atoms with Crippen molar-refractivity contribution in [3.8, 4) is 0 Å². The van der Waals surface area contributed by atoms with E-state index in [1.807, 2.05) is 6.92 Å². The minimum Gasteiger partial charge on any atom is -0.478 e. The topological polar surface area (TPSA) is 63.3 Å². The van der Waals surface area contributed by atoms with Crippen molar-refractivity contribution >= 4 is 5.97 Å². The standard InChI is InChI=1S/C11H19NO2/c1-8(6-11(13)14)5-9-3-2-4-10(12)7-9/h6,9-10H,2-5,7,12H2,1H3,(H,13,14)/b8-6+. The Morgan fingerprint density at radius 1 is 1.57 bits per heavy atom. The summed E-state index contributed by atoms with van der Waals surface area (Å²) in [5.41, 5.74) is 6.82. The molecule has 0 bridgehead atoms. The van der Waals surface area contributed by atoms with Crippen molar-refractivity contribution in [2.75, 3.05) is 0 Å².